The third-order valence-corrected chi connectivity index (χ3v) is 7.19. The molecule has 1 aliphatic heterocycles. The van der Waals surface area contributed by atoms with Crippen LogP contribution >= 0.6 is 31.9 Å². The average molecular weight is 423 g/mol. The topological polar surface area (TPSA) is 20.3 Å². The highest BCUT2D eigenvalue weighted by atomic mass is 79.9. The number of anilines is 1. The molecule has 1 amide bonds. The number of hydrogen-bond donors (Lipinski definition) is 0. The Bertz CT molecular complexity index is 701. The van der Waals surface area contributed by atoms with E-state index in [1.165, 1.54) is 5.56 Å². The number of alkyl halides is 2. The fraction of sp³-hybridized carbons (Fsp3) is 0.278. The number of amides is 1. The quantitative estimate of drug-likeness (QED) is 0.575. The van der Waals surface area contributed by atoms with Crippen LogP contribution in [0.5, 0.6) is 0 Å². The SMILES string of the molecule is Cc1ccc2c(c1)C(Br)C(Br)C(C)N2C(=O)c1ccccc1. The second-order valence-electron chi connectivity index (χ2n) is 5.69. The third kappa shape index (κ3) is 2.63. The molecule has 0 spiro atoms. The Balaban J connectivity index is 2.11. The van der Waals surface area contributed by atoms with E-state index in [1.807, 2.05) is 35.2 Å². The summed E-state index contributed by atoms with van der Waals surface area (Å²) in [5, 5.41) is 0. The summed E-state index contributed by atoms with van der Waals surface area (Å²) in [7, 11) is 0. The molecule has 2 aromatic rings. The summed E-state index contributed by atoms with van der Waals surface area (Å²) >= 11 is 7.53. The van der Waals surface area contributed by atoms with Gasteiger partial charge in [-0.25, -0.2) is 0 Å². The van der Waals surface area contributed by atoms with Gasteiger partial charge in [0.25, 0.3) is 5.91 Å². The van der Waals surface area contributed by atoms with E-state index in [2.05, 4.69) is 63.9 Å². The molecule has 0 bridgehead atoms. The number of hydrogen-bond acceptors (Lipinski definition) is 1. The molecule has 0 N–H and O–H groups in total. The van der Waals surface area contributed by atoms with Gasteiger partial charge in [0.05, 0.1) is 9.65 Å². The molecule has 0 fully saturated rings. The minimum Gasteiger partial charge on any atom is -0.304 e. The van der Waals surface area contributed by atoms with Crippen LogP contribution in [0.2, 0.25) is 0 Å². The van der Waals surface area contributed by atoms with E-state index in [9.17, 15) is 4.79 Å². The van der Waals surface area contributed by atoms with Crippen LogP contribution in [0.4, 0.5) is 5.69 Å². The Morgan fingerprint density at radius 2 is 1.77 bits per heavy atom. The molecule has 4 heteroatoms. The molecular weight excluding hydrogens is 406 g/mol. The average Bonchev–Trinajstić information content (AvgIpc) is 2.54. The van der Waals surface area contributed by atoms with Gasteiger partial charge in [-0.3, -0.25) is 4.79 Å². The van der Waals surface area contributed by atoms with Crippen molar-refractivity contribution < 1.29 is 4.79 Å². The number of carbonyl (C=O) groups is 1. The molecule has 0 aliphatic carbocycles. The Morgan fingerprint density at radius 3 is 2.45 bits per heavy atom. The van der Waals surface area contributed by atoms with Crippen molar-refractivity contribution in [3.8, 4) is 0 Å². The van der Waals surface area contributed by atoms with Gasteiger partial charge in [0, 0.05) is 17.3 Å². The zero-order chi connectivity index (χ0) is 15.9. The van der Waals surface area contributed by atoms with Gasteiger partial charge < -0.3 is 4.90 Å². The van der Waals surface area contributed by atoms with Crippen molar-refractivity contribution in [2.24, 2.45) is 0 Å². The van der Waals surface area contributed by atoms with Crippen molar-refractivity contribution >= 4 is 43.5 Å². The summed E-state index contributed by atoms with van der Waals surface area (Å²) < 4.78 is 0. The summed E-state index contributed by atoms with van der Waals surface area (Å²) in [6, 6.07) is 15.8. The van der Waals surface area contributed by atoms with Crippen LogP contribution < -0.4 is 4.90 Å². The normalized spacial score (nSPS) is 24.0. The minimum atomic E-state index is 0.0436. The largest absolute Gasteiger partial charge is 0.304 e. The molecule has 0 saturated heterocycles. The molecule has 2 nitrogen and oxygen atoms in total. The molecule has 1 aliphatic rings. The molecule has 2 aromatic carbocycles. The van der Waals surface area contributed by atoms with Gasteiger partial charge in [-0.2, -0.15) is 0 Å². The van der Waals surface area contributed by atoms with Gasteiger partial charge in [-0.05, 0) is 37.6 Å². The van der Waals surface area contributed by atoms with E-state index in [-0.39, 0.29) is 21.6 Å². The van der Waals surface area contributed by atoms with Crippen LogP contribution in [0.25, 0.3) is 0 Å². The molecule has 1 heterocycles. The first-order chi connectivity index (χ1) is 10.5. The van der Waals surface area contributed by atoms with E-state index in [0.29, 0.717) is 5.56 Å². The molecular formula is C18H17Br2NO. The van der Waals surface area contributed by atoms with Crippen molar-refractivity contribution in [1.29, 1.82) is 0 Å². The molecule has 3 rings (SSSR count). The van der Waals surface area contributed by atoms with Crippen LogP contribution in [-0.4, -0.2) is 16.8 Å². The van der Waals surface area contributed by atoms with Gasteiger partial charge in [0.15, 0.2) is 0 Å². The van der Waals surface area contributed by atoms with Crippen LogP contribution in [0.3, 0.4) is 0 Å². The van der Waals surface area contributed by atoms with Gasteiger partial charge in [-0.1, -0.05) is 67.8 Å². The second kappa shape index (κ2) is 6.17. The van der Waals surface area contributed by atoms with E-state index in [1.54, 1.807) is 0 Å². The molecule has 0 aromatic heterocycles. The highest BCUT2D eigenvalue weighted by molar-refractivity contribution is 9.12. The summed E-state index contributed by atoms with van der Waals surface area (Å²) in [5.41, 5.74) is 4.06. The van der Waals surface area contributed by atoms with E-state index < -0.39 is 0 Å². The van der Waals surface area contributed by atoms with Gasteiger partial charge in [-0.15, -0.1) is 0 Å². The number of fused-ring (bicyclic) bond motifs is 1. The van der Waals surface area contributed by atoms with Crippen molar-refractivity contribution in [2.45, 2.75) is 29.5 Å². The highest BCUT2D eigenvalue weighted by Crippen LogP contribution is 2.45. The van der Waals surface area contributed by atoms with Crippen molar-refractivity contribution in [3.63, 3.8) is 0 Å². The number of carbonyl (C=O) groups excluding carboxylic acids is 1. The smallest absolute Gasteiger partial charge is 0.258 e. The van der Waals surface area contributed by atoms with Crippen LogP contribution in [0, 0.1) is 6.92 Å². The summed E-state index contributed by atoms with van der Waals surface area (Å²) in [6.07, 6.45) is 0. The third-order valence-electron chi connectivity index (χ3n) is 4.13. The van der Waals surface area contributed by atoms with Gasteiger partial charge in [0.1, 0.15) is 0 Å². The number of rotatable bonds is 1. The molecule has 3 unspecified atom stereocenters. The lowest BCUT2D eigenvalue weighted by atomic mass is 9.94. The lowest BCUT2D eigenvalue weighted by molar-refractivity contribution is 0.0976. The van der Waals surface area contributed by atoms with E-state index in [0.717, 1.165) is 11.3 Å². The fourth-order valence-corrected chi connectivity index (χ4v) is 4.24. The first-order valence-corrected chi connectivity index (χ1v) is 9.11. The molecule has 114 valence electrons. The van der Waals surface area contributed by atoms with Crippen LogP contribution in [0.15, 0.2) is 48.5 Å². The number of halogens is 2. The summed E-state index contributed by atoms with van der Waals surface area (Å²) in [5.74, 6) is 0.0436. The van der Waals surface area contributed by atoms with Crippen molar-refractivity contribution in [2.75, 3.05) is 4.90 Å². The maximum absolute atomic E-state index is 13.0. The molecule has 0 saturated carbocycles. The monoisotopic (exact) mass is 421 g/mol. The summed E-state index contributed by atoms with van der Waals surface area (Å²) in [4.78, 5) is 15.3. The predicted molar refractivity (Wildman–Crippen MR) is 98.3 cm³/mol. The van der Waals surface area contributed by atoms with Crippen LogP contribution in [-0.2, 0) is 0 Å². The Labute approximate surface area is 147 Å². The fourth-order valence-electron chi connectivity index (χ4n) is 2.91. The lowest BCUT2D eigenvalue weighted by Gasteiger charge is -2.41. The maximum Gasteiger partial charge on any atom is 0.258 e. The number of benzene rings is 2. The van der Waals surface area contributed by atoms with E-state index >= 15 is 0 Å². The predicted octanol–water partition coefficient (Wildman–Crippen LogP) is 5.24. The van der Waals surface area contributed by atoms with Crippen molar-refractivity contribution in [1.82, 2.24) is 0 Å². The second-order valence-corrected chi connectivity index (χ2v) is 7.73. The highest BCUT2D eigenvalue weighted by Gasteiger charge is 2.39. The Hall–Kier alpha value is -1.13. The standard InChI is InChI=1S/C18H17Br2NO/c1-11-8-9-15-14(10-11)17(20)16(19)12(2)21(15)18(22)13-6-4-3-5-7-13/h3-10,12,16-17H,1-2H3. The molecule has 22 heavy (non-hydrogen) atoms. The number of nitrogens with zero attached hydrogens (tertiary/aromatic N) is 1. The number of aryl methyl sites for hydroxylation is 1. The van der Waals surface area contributed by atoms with E-state index in [4.69, 9.17) is 0 Å². The van der Waals surface area contributed by atoms with Gasteiger partial charge >= 0.3 is 0 Å². The van der Waals surface area contributed by atoms with Crippen LogP contribution in [0.1, 0.15) is 33.2 Å². The Kier molecular flexibility index (Phi) is 4.42. The maximum atomic E-state index is 13.0. The van der Waals surface area contributed by atoms with Crippen molar-refractivity contribution in [3.05, 3.63) is 65.2 Å². The van der Waals surface area contributed by atoms with Gasteiger partial charge in [0.2, 0.25) is 0 Å². The molecule has 0 radical (unpaired) electrons. The first-order valence-electron chi connectivity index (χ1n) is 7.28. The Morgan fingerprint density at radius 1 is 1.09 bits per heavy atom. The summed E-state index contributed by atoms with van der Waals surface area (Å²) in [6.45, 7) is 4.15. The zero-order valence-electron chi connectivity index (χ0n) is 12.5. The minimum absolute atomic E-state index is 0.0436. The zero-order valence-corrected chi connectivity index (χ0v) is 15.6. The first kappa shape index (κ1) is 15.8. The molecule has 3 atom stereocenters. The lowest BCUT2D eigenvalue weighted by Crippen LogP contribution is -2.48.